The second-order valence-corrected chi connectivity index (χ2v) is 5.28. The third-order valence-corrected chi connectivity index (χ3v) is 3.70. The summed E-state index contributed by atoms with van der Waals surface area (Å²) in [5.74, 6) is 0.872. The molecule has 0 aromatic rings. The first-order valence-corrected chi connectivity index (χ1v) is 6.00. The van der Waals surface area contributed by atoms with Gasteiger partial charge in [-0.25, -0.2) is 0 Å². The van der Waals surface area contributed by atoms with Gasteiger partial charge >= 0.3 is 0 Å². The maximum absolute atomic E-state index is 3.67. The van der Waals surface area contributed by atoms with Crippen LogP contribution in [0.4, 0.5) is 0 Å². The molecule has 1 aliphatic heterocycles. The summed E-state index contributed by atoms with van der Waals surface area (Å²) in [6, 6.07) is 0. The summed E-state index contributed by atoms with van der Waals surface area (Å²) >= 11 is 3.67. The number of hydrogen-bond donors (Lipinski definition) is 0. The van der Waals surface area contributed by atoms with Gasteiger partial charge in [0.15, 0.2) is 0 Å². The van der Waals surface area contributed by atoms with Crippen molar-refractivity contribution < 1.29 is 0 Å². The molecule has 1 fully saturated rings. The Morgan fingerprint density at radius 2 is 2.00 bits per heavy atom. The molecular weight excluding hydrogens is 214 g/mol. The largest absolute Gasteiger partial charge is 0.303 e. The van der Waals surface area contributed by atoms with Crippen LogP contribution in [0.15, 0.2) is 0 Å². The van der Waals surface area contributed by atoms with Gasteiger partial charge in [-0.1, -0.05) is 36.2 Å². The number of rotatable bonds is 3. The number of nitrogens with zero attached hydrogens (tertiary/aromatic N) is 1. The third-order valence-electron chi connectivity index (χ3n) is 2.78. The maximum atomic E-state index is 3.67. The second-order valence-electron chi connectivity index (χ2n) is 3.99. The van der Waals surface area contributed by atoms with Crippen molar-refractivity contribution in [1.82, 2.24) is 4.90 Å². The summed E-state index contributed by atoms with van der Waals surface area (Å²) in [4.78, 5) is 3.39. The first-order valence-electron chi connectivity index (χ1n) is 5.08. The van der Waals surface area contributed by atoms with E-state index in [0.29, 0.717) is 0 Å². The highest BCUT2D eigenvalue weighted by molar-refractivity contribution is 9.09. The van der Waals surface area contributed by atoms with Crippen LogP contribution in [0.3, 0.4) is 0 Å². The van der Waals surface area contributed by atoms with Gasteiger partial charge < -0.3 is 4.90 Å². The van der Waals surface area contributed by atoms with Gasteiger partial charge in [-0.15, -0.1) is 0 Å². The molecule has 1 rings (SSSR count). The quantitative estimate of drug-likeness (QED) is 0.679. The zero-order chi connectivity index (χ0) is 8.97. The van der Waals surface area contributed by atoms with E-state index in [1.807, 2.05) is 0 Å². The molecule has 0 N–H and O–H groups in total. The average Bonchev–Trinajstić information content (AvgIpc) is 2.09. The Kier molecular flexibility index (Phi) is 4.59. The monoisotopic (exact) mass is 233 g/mol. The van der Waals surface area contributed by atoms with E-state index in [1.54, 1.807) is 0 Å². The molecule has 1 nitrogen and oxygen atoms in total. The molecule has 2 heteroatoms. The predicted molar refractivity (Wildman–Crippen MR) is 57.8 cm³/mol. The molecule has 0 amide bonds. The molecule has 0 spiro atoms. The summed E-state index contributed by atoms with van der Waals surface area (Å²) in [6.07, 6.45) is 3.97. The number of likely N-dealkylation sites (tertiary alicyclic amines) is 1. The fourth-order valence-electron chi connectivity index (χ4n) is 1.65. The standard InChI is InChI=1S/C10H20BrN/c1-3-9(2)8-12-6-4-10(11)5-7-12/h9-10H,3-8H2,1-2H3. The lowest BCUT2D eigenvalue weighted by Crippen LogP contribution is -2.36. The Balaban J connectivity index is 2.17. The zero-order valence-electron chi connectivity index (χ0n) is 8.22. The number of halogens is 1. The highest BCUT2D eigenvalue weighted by atomic mass is 79.9. The van der Waals surface area contributed by atoms with Crippen LogP contribution in [0.25, 0.3) is 0 Å². The molecule has 1 atom stereocenters. The van der Waals surface area contributed by atoms with Gasteiger partial charge in [-0.2, -0.15) is 0 Å². The number of piperidine rings is 1. The second kappa shape index (κ2) is 5.23. The molecule has 0 saturated carbocycles. The van der Waals surface area contributed by atoms with E-state index < -0.39 is 0 Å². The van der Waals surface area contributed by atoms with E-state index in [2.05, 4.69) is 34.7 Å². The van der Waals surface area contributed by atoms with Gasteiger partial charge in [0.05, 0.1) is 0 Å². The van der Waals surface area contributed by atoms with Crippen molar-refractivity contribution in [2.75, 3.05) is 19.6 Å². The zero-order valence-corrected chi connectivity index (χ0v) is 9.81. The molecule has 72 valence electrons. The molecular formula is C10H20BrN. The van der Waals surface area contributed by atoms with Crippen molar-refractivity contribution in [3.05, 3.63) is 0 Å². The van der Waals surface area contributed by atoms with Gasteiger partial charge in [0, 0.05) is 11.4 Å². The van der Waals surface area contributed by atoms with Crippen LogP contribution in [-0.4, -0.2) is 29.4 Å². The molecule has 0 aromatic carbocycles. The van der Waals surface area contributed by atoms with Crippen molar-refractivity contribution in [1.29, 1.82) is 0 Å². The smallest absolute Gasteiger partial charge is 0.0170 e. The molecule has 12 heavy (non-hydrogen) atoms. The van der Waals surface area contributed by atoms with Gasteiger partial charge in [-0.05, 0) is 31.8 Å². The Labute approximate surface area is 84.6 Å². The van der Waals surface area contributed by atoms with Crippen molar-refractivity contribution in [2.45, 2.75) is 37.9 Å². The van der Waals surface area contributed by atoms with Crippen LogP contribution in [0.5, 0.6) is 0 Å². The number of alkyl halides is 1. The molecule has 0 aromatic heterocycles. The molecule has 1 heterocycles. The molecule has 1 unspecified atom stereocenters. The molecule has 1 saturated heterocycles. The Hall–Kier alpha value is 0.440. The fraction of sp³-hybridized carbons (Fsp3) is 1.00. The van der Waals surface area contributed by atoms with E-state index in [4.69, 9.17) is 0 Å². The lowest BCUT2D eigenvalue weighted by Gasteiger charge is -2.31. The lowest BCUT2D eigenvalue weighted by molar-refractivity contribution is 0.203. The van der Waals surface area contributed by atoms with E-state index in [-0.39, 0.29) is 0 Å². The first kappa shape index (κ1) is 10.5. The first-order chi connectivity index (χ1) is 5.72. The van der Waals surface area contributed by atoms with E-state index in [1.165, 1.54) is 38.9 Å². The van der Waals surface area contributed by atoms with Crippen LogP contribution >= 0.6 is 15.9 Å². The topological polar surface area (TPSA) is 3.24 Å². The summed E-state index contributed by atoms with van der Waals surface area (Å²) in [7, 11) is 0. The van der Waals surface area contributed by atoms with E-state index in [0.717, 1.165) is 10.7 Å². The summed E-state index contributed by atoms with van der Waals surface area (Å²) in [5, 5.41) is 0. The molecule has 0 aliphatic carbocycles. The van der Waals surface area contributed by atoms with Gasteiger partial charge in [-0.3, -0.25) is 0 Å². The molecule has 1 aliphatic rings. The van der Waals surface area contributed by atoms with Gasteiger partial charge in [0.25, 0.3) is 0 Å². The van der Waals surface area contributed by atoms with Crippen LogP contribution in [0.2, 0.25) is 0 Å². The SMILES string of the molecule is CCC(C)CN1CCC(Br)CC1. The summed E-state index contributed by atoms with van der Waals surface area (Å²) in [5.41, 5.74) is 0. The summed E-state index contributed by atoms with van der Waals surface area (Å²) in [6.45, 7) is 8.51. The number of hydrogen-bond acceptors (Lipinski definition) is 1. The fourth-order valence-corrected chi connectivity index (χ4v) is 2.06. The van der Waals surface area contributed by atoms with Gasteiger partial charge in [0.2, 0.25) is 0 Å². The van der Waals surface area contributed by atoms with Crippen LogP contribution in [0.1, 0.15) is 33.1 Å². The summed E-state index contributed by atoms with van der Waals surface area (Å²) < 4.78 is 0. The Bertz CT molecular complexity index is 119. The van der Waals surface area contributed by atoms with Crippen molar-refractivity contribution in [3.63, 3.8) is 0 Å². The minimum absolute atomic E-state index is 0.783. The molecule has 0 radical (unpaired) electrons. The third kappa shape index (κ3) is 3.44. The minimum Gasteiger partial charge on any atom is -0.303 e. The highest BCUT2D eigenvalue weighted by Gasteiger charge is 2.17. The molecule has 0 bridgehead atoms. The predicted octanol–water partition coefficient (Wildman–Crippen LogP) is 2.89. The van der Waals surface area contributed by atoms with Crippen molar-refractivity contribution in [3.8, 4) is 0 Å². The normalized spacial score (nSPS) is 24.2. The van der Waals surface area contributed by atoms with Gasteiger partial charge in [0.1, 0.15) is 0 Å². The van der Waals surface area contributed by atoms with E-state index >= 15 is 0 Å². The Morgan fingerprint density at radius 1 is 1.42 bits per heavy atom. The van der Waals surface area contributed by atoms with Crippen LogP contribution in [0, 0.1) is 5.92 Å². The maximum Gasteiger partial charge on any atom is 0.0170 e. The minimum atomic E-state index is 0.783. The lowest BCUT2D eigenvalue weighted by atomic mass is 10.1. The average molecular weight is 234 g/mol. The highest BCUT2D eigenvalue weighted by Crippen LogP contribution is 2.18. The van der Waals surface area contributed by atoms with Crippen molar-refractivity contribution in [2.24, 2.45) is 5.92 Å². The van der Waals surface area contributed by atoms with E-state index in [9.17, 15) is 0 Å². The van der Waals surface area contributed by atoms with Crippen molar-refractivity contribution >= 4 is 15.9 Å². The van der Waals surface area contributed by atoms with Crippen LogP contribution in [-0.2, 0) is 0 Å². The van der Waals surface area contributed by atoms with Crippen LogP contribution < -0.4 is 0 Å². The Morgan fingerprint density at radius 3 is 2.50 bits per heavy atom.